The van der Waals surface area contributed by atoms with Crippen LogP contribution in [-0.4, -0.2) is 20.1 Å². The molecule has 0 atom stereocenters. The number of ether oxygens (including phenoxy) is 1. The molecule has 0 aliphatic rings. The summed E-state index contributed by atoms with van der Waals surface area (Å²) in [5.41, 5.74) is 3.46. The molecule has 0 radical (unpaired) electrons. The lowest BCUT2D eigenvalue weighted by Gasteiger charge is -2.19. The standard InChI is InChI=1S/C21H20N2O2/c1-23(18-8-4-3-5-9-18)19-13-11-17(12-14-19)22-21(24)16-7-6-10-20(15-16)25-2/h3-15H,1-2H3,(H,22,24). The first-order valence-electron chi connectivity index (χ1n) is 8.01. The molecule has 0 saturated heterocycles. The molecule has 0 saturated carbocycles. The Balaban J connectivity index is 1.71. The molecule has 4 heteroatoms. The van der Waals surface area contributed by atoms with Gasteiger partial charge in [0.15, 0.2) is 0 Å². The number of methoxy groups -OCH3 is 1. The van der Waals surface area contributed by atoms with Crippen LogP contribution in [0, 0.1) is 0 Å². The molecule has 0 aromatic heterocycles. The number of benzene rings is 3. The topological polar surface area (TPSA) is 41.6 Å². The molecule has 0 unspecified atom stereocenters. The van der Waals surface area contributed by atoms with Crippen molar-refractivity contribution >= 4 is 23.0 Å². The number of nitrogens with zero attached hydrogens (tertiary/aromatic N) is 1. The number of nitrogens with one attached hydrogen (secondary N) is 1. The van der Waals surface area contributed by atoms with Crippen molar-refractivity contribution in [3.63, 3.8) is 0 Å². The molecular weight excluding hydrogens is 312 g/mol. The number of carbonyl (C=O) groups excluding carboxylic acids is 1. The summed E-state index contributed by atoms with van der Waals surface area (Å²) in [6.07, 6.45) is 0. The molecule has 4 nitrogen and oxygen atoms in total. The van der Waals surface area contributed by atoms with Crippen molar-refractivity contribution in [2.45, 2.75) is 0 Å². The molecule has 0 fully saturated rings. The average Bonchev–Trinajstić information content (AvgIpc) is 2.68. The smallest absolute Gasteiger partial charge is 0.255 e. The van der Waals surface area contributed by atoms with E-state index in [2.05, 4.69) is 22.3 Å². The first kappa shape index (κ1) is 16.6. The van der Waals surface area contributed by atoms with Gasteiger partial charge in [-0.05, 0) is 54.6 Å². The molecule has 0 aliphatic heterocycles. The minimum atomic E-state index is -0.164. The van der Waals surface area contributed by atoms with Gasteiger partial charge in [-0.25, -0.2) is 0 Å². The summed E-state index contributed by atoms with van der Waals surface area (Å²) in [7, 11) is 3.60. The van der Waals surface area contributed by atoms with Crippen LogP contribution in [0.3, 0.4) is 0 Å². The van der Waals surface area contributed by atoms with Crippen LogP contribution >= 0.6 is 0 Å². The van der Waals surface area contributed by atoms with E-state index in [0.717, 1.165) is 17.1 Å². The maximum Gasteiger partial charge on any atom is 0.255 e. The Labute approximate surface area is 147 Å². The Morgan fingerprint density at radius 3 is 2.24 bits per heavy atom. The fourth-order valence-corrected chi connectivity index (χ4v) is 2.54. The Bertz CT molecular complexity index is 845. The highest BCUT2D eigenvalue weighted by Gasteiger charge is 2.08. The highest BCUT2D eigenvalue weighted by molar-refractivity contribution is 6.04. The van der Waals surface area contributed by atoms with Gasteiger partial charge in [-0.2, -0.15) is 0 Å². The number of para-hydroxylation sites is 1. The van der Waals surface area contributed by atoms with Crippen LogP contribution in [0.25, 0.3) is 0 Å². The fourth-order valence-electron chi connectivity index (χ4n) is 2.54. The molecule has 1 N–H and O–H groups in total. The van der Waals surface area contributed by atoms with Crippen molar-refractivity contribution in [1.29, 1.82) is 0 Å². The second-order valence-corrected chi connectivity index (χ2v) is 5.63. The van der Waals surface area contributed by atoms with E-state index in [-0.39, 0.29) is 5.91 Å². The first-order chi connectivity index (χ1) is 12.2. The highest BCUT2D eigenvalue weighted by atomic mass is 16.5. The monoisotopic (exact) mass is 332 g/mol. The third-order valence-corrected chi connectivity index (χ3v) is 3.99. The summed E-state index contributed by atoms with van der Waals surface area (Å²) in [5, 5.41) is 2.90. The Morgan fingerprint density at radius 1 is 0.880 bits per heavy atom. The van der Waals surface area contributed by atoms with Crippen molar-refractivity contribution < 1.29 is 9.53 Å². The normalized spacial score (nSPS) is 10.2. The number of rotatable bonds is 5. The van der Waals surface area contributed by atoms with E-state index in [4.69, 9.17) is 4.74 Å². The third kappa shape index (κ3) is 3.98. The molecular formula is C21H20N2O2. The van der Waals surface area contributed by atoms with E-state index in [1.807, 2.05) is 55.6 Å². The molecule has 3 rings (SSSR count). The quantitative estimate of drug-likeness (QED) is 0.735. The van der Waals surface area contributed by atoms with Gasteiger partial charge < -0.3 is 15.0 Å². The molecule has 1 amide bonds. The molecule has 3 aromatic rings. The van der Waals surface area contributed by atoms with E-state index < -0.39 is 0 Å². The average molecular weight is 332 g/mol. The summed E-state index contributed by atoms with van der Waals surface area (Å²) in [6.45, 7) is 0. The minimum absolute atomic E-state index is 0.164. The van der Waals surface area contributed by atoms with Crippen molar-refractivity contribution in [3.8, 4) is 5.75 Å². The largest absolute Gasteiger partial charge is 0.497 e. The van der Waals surface area contributed by atoms with Crippen molar-refractivity contribution in [2.24, 2.45) is 0 Å². The van der Waals surface area contributed by atoms with Crippen LogP contribution in [0.1, 0.15) is 10.4 Å². The summed E-state index contributed by atoms with van der Waals surface area (Å²) in [5.74, 6) is 0.496. The predicted molar refractivity (Wildman–Crippen MR) is 102 cm³/mol. The third-order valence-electron chi connectivity index (χ3n) is 3.99. The van der Waals surface area contributed by atoms with Crippen molar-refractivity contribution in [2.75, 3.05) is 24.4 Å². The summed E-state index contributed by atoms with van der Waals surface area (Å²) in [4.78, 5) is 14.4. The van der Waals surface area contributed by atoms with E-state index in [1.54, 1.807) is 25.3 Å². The van der Waals surface area contributed by atoms with Crippen LogP contribution in [0.5, 0.6) is 5.75 Å². The lowest BCUT2D eigenvalue weighted by Crippen LogP contribution is -2.12. The molecule has 0 bridgehead atoms. The maximum absolute atomic E-state index is 12.3. The van der Waals surface area contributed by atoms with Gasteiger partial charge in [-0.3, -0.25) is 4.79 Å². The van der Waals surface area contributed by atoms with Crippen LogP contribution in [0.2, 0.25) is 0 Å². The number of anilines is 3. The zero-order valence-corrected chi connectivity index (χ0v) is 14.3. The van der Waals surface area contributed by atoms with Crippen LogP contribution < -0.4 is 15.0 Å². The highest BCUT2D eigenvalue weighted by Crippen LogP contribution is 2.24. The summed E-state index contributed by atoms with van der Waals surface area (Å²) < 4.78 is 5.15. The first-order valence-corrected chi connectivity index (χ1v) is 8.01. The lowest BCUT2D eigenvalue weighted by atomic mass is 10.2. The van der Waals surface area contributed by atoms with Crippen molar-refractivity contribution in [3.05, 3.63) is 84.4 Å². The van der Waals surface area contributed by atoms with Gasteiger partial charge in [0.1, 0.15) is 5.75 Å². The van der Waals surface area contributed by atoms with Crippen LogP contribution in [-0.2, 0) is 0 Å². The van der Waals surface area contributed by atoms with Gasteiger partial charge in [-0.15, -0.1) is 0 Å². The molecule has 126 valence electrons. The van der Waals surface area contributed by atoms with Gasteiger partial charge in [0.25, 0.3) is 5.91 Å². The second kappa shape index (κ2) is 7.53. The Morgan fingerprint density at radius 2 is 1.56 bits per heavy atom. The fraction of sp³-hybridized carbons (Fsp3) is 0.0952. The minimum Gasteiger partial charge on any atom is -0.497 e. The van der Waals surface area contributed by atoms with Crippen LogP contribution in [0.15, 0.2) is 78.9 Å². The maximum atomic E-state index is 12.3. The van der Waals surface area contributed by atoms with E-state index in [9.17, 15) is 4.79 Å². The molecule has 0 spiro atoms. The Hall–Kier alpha value is -3.27. The molecule has 25 heavy (non-hydrogen) atoms. The Kier molecular flexibility index (Phi) is 5.00. The van der Waals surface area contributed by atoms with Gasteiger partial charge >= 0.3 is 0 Å². The summed E-state index contributed by atoms with van der Waals surface area (Å²) in [6, 6.07) is 25.0. The zero-order chi connectivity index (χ0) is 17.6. The van der Waals surface area contributed by atoms with Gasteiger partial charge in [0.2, 0.25) is 0 Å². The van der Waals surface area contributed by atoms with Crippen molar-refractivity contribution in [1.82, 2.24) is 0 Å². The van der Waals surface area contributed by atoms with Gasteiger partial charge in [-0.1, -0.05) is 24.3 Å². The number of hydrogen-bond acceptors (Lipinski definition) is 3. The zero-order valence-electron chi connectivity index (χ0n) is 14.3. The van der Waals surface area contributed by atoms with E-state index in [1.165, 1.54) is 0 Å². The number of amides is 1. The van der Waals surface area contributed by atoms with E-state index in [0.29, 0.717) is 11.3 Å². The van der Waals surface area contributed by atoms with Crippen LogP contribution in [0.4, 0.5) is 17.1 Å². The number of hydrogen-bond donors (Lipinski definition) is 1. The molecule has 0 heterocycles. The number of carbonyl (C=O) groups is 1. The van der Waals surface area contributed by atoms with Gasteiger partial charge in [0, 0.05) is 29.7 Å². The summed E-state index contributed by atoms with van der Waals surface area (Å²) >= 11 is 0. The lowest BCUT2D eigenvalue weighted by molar-refractivity contribution is 0.102. The SMILES string of the molecule is COc1cccc(C(=O)Nc2ccc(N(C)c3ccccc3)cc2)c1. The molecule has 3 aromatic carbocycles. The van der Waals surface area contributed by atoms with E-state index >= 15 is 0 Å². The van der Waals surface area contributed by atoms with Gasteiger partial charge in [0.05, 0.1) is 7.11 Å². The second-order valence-electron chi connectivity index (χ2n) is 5.63. The predicted octanol–water partition coefficient (Wildman–Crippen LogP) is 4.72. The molecule has 0 aliphatic carbocycles.